The molecule has 0 unspecified atom stereocenters. The highest BCUT2D eigenvalue weighted by Gasteiger charge is 2.68. The summed E-state index contributed by atoms with van der Waals surface area (Å²) in [5.74, 6) is -1.26. The van der Waals surface area contributed by atoms with Gasteiger partial charge in [-0.1, -0.05) is 12.2 Å². The molecule has 0 aromatic heterocycles. The Kier molecular flexibility index (Phi) is 4.12. The van der Waals surface area contributed by atoms with Gasteiger partial charge in [-0.05, 0) is 20.8 Å². The molecule has 0 aromatic rings. The van der Waals surface area contributed by atoms with E-state index >= 15 is 0 Å². The second kappa shape index (κ2) is 6.04. The van der Waals surface area contributed by atoms with E-state index in [2.05, 4.69) is 0 Å². The molecule has 0 saturated carbocycles. The number of primary amides is 1. The Hall–Kier alpha value is -1.93. The predicted molar refractivity (Wildman–Crippen MR) is 97.4 cm³/mol. The van der Waals surface area contributed by atoms with Crippen LogP contribution in [0.25, 0.3) is 0 Å². The van der Waals surface area contributed by atoms with Crippen LogP contribution < -0.4 is 5.73 Å². The van der Waals surface area contributed by atoms with E-state index in [0.717, 1.165) is 0 Å². The summed E-state index contributed by atoms with van der Waals surface area (Å²) in [7, 11) is 0. The van der Waals surface area contributed by atoms with E-state index in [1.165, 1.54) is 0 Å². The number of ether oxygens (including phenoxy) is 1. The summed E-state index contributed by atoms with van der Waals surface area (Å²) in [5, 5.41) is 0. The van der Waals surface area contributed by atoms with Gasteiger partial charge in [0.15, 0.2) is 0 Å². The molecule has 0 radical (unpaired) electrons. The first-order chi connectivity index (χ1) is 12.6. The van der Waals surface area contributed by atoms with Gasteiger partial charge in [0.25, 0.3) is 0 Å². The van der Waals surface area contributed by atoms with E-state index in [1.807, 2.05) is 42.7 Å². The van der Waals surface area contributed by atoms with Gasteiger partial charge < -0.3 is 20.3 Å². The van der Waals surface area contributed by atoms with Crippen molar-refractivity contribution >= 4 is 17.7 Å². The fraction of sp³-hybridized carbons (Fsp3) is 0.737. The maximum atomic E-state index is 13.3. The molecular weight excluding hydrogens is 348 g/mol. The zero-order valence-electron chi connectivity index (χ0n) is 16.2. The van der Waals surface area contributed by atoms with Crippen molar-refractivity contribution in [1.29, 1.82) is 0 Å². The van der Waals surface area contributed by atoms with E-state index in [-0.39, 0.29) is 35.9 Å². The number of carbonyl (C=O) groups is 3. The Balaban J connectivity index is 1.50. The van der Waals surface area contributed by atoms with Crippen LogP contribution in [0.1, 0.15) is 20.8 Å². The highest BCUT2D eigenvalue weighted by molar-refractivity contribution is 5.93. The molecule has 4 aliphatic heterocycles. The normalized spacial score (nSPS) is 35.8. The molecule has 4 heterocycles. The summed E-state index contributed by atoms with van der Waals surface area (Å²) < 4.78 is 6.19. The van der Waals surface area contributed by atoms with Gasteiger partial charge >= 0.3 is 0 Å². The Labute approximate surface area is 159 Å². The molecule has 3 amide bonds. The molecule has 8 nitrogen and oxygen atoms in total. The number of rotatable bonds is 3. The highest BCUT2D eigenvalue weighted by atomic mass is 16.5. The molecule has 3 fully saturated rings. The molecular formula is C19H28N4O4. The number of nitrogens with two attached hydrogens (primary N) is 1. The number of amides is 3. The van der Waals surface area contributed by atoms with Crippen molar-refractivity contribution in [1.82, 2.24) is 14.7 Å². The van der Waals surface area contributed by atoms with E-state index in [1.54, 1.807) is 4.90 Å². The lowest BCUT2D eigenvalue weighted by atomic mass is 9.76. The summed E-state index contributed by atoms with van der Waals surface area (Å²) in [5.41, 5.74) is 4.28. The average Bonchev–Trinajstić information content (AvgIpc) is 3.22. The molecule has 27 heavy (non-hydrogen) atoms. The van der Waals surface area contributed by atoms with Crippen LogP contribution in [0.5, 0.6) is 0 Å². The summed E-state index contributed by atoms with van der Waals surface area (Å²) in [4.78, 5) is 43.1. The van der Waals surface area contributed by atoms with Crippen molar-refractivity contribution in [2.45, 2.75) is 38.0 Å². The van der Waals surface area contributed by atoms with Crippen LogP contribution in [0, 0.1) is 11.8 Å². The maximum Gasteiger partial charge on any atom is 0.231 e. The van der Waals surface area contributed by atoms with Crippen LogP contribution in [-0.2, 0) is 19.1 Å². The van der Waals surface area contributed by atoms with Crippen LogP contribution in [0.15, 0.2) is 12.2 Å². The number of fused-ring (bicyclic) bond motifs is 1. The first-order valence-corrected chi connectivity index (χ1v) is 9.60. The molecule has 148 valence electrons. The highest BCUT2D eigenvalue weighted by Crippen LogP contribution is 2.53. The Morgan fingerprint density at radius 2 is 1.93 bits per heavy atom. The van der Waals surface area contributed by atoms with Gasteiger partial charge in [0.1, 0.15) is 5.60 Å². The van der Waals surface area contributed by atoms with Crippen LogP contribution in [-0.4, -0.2) is 88.9 Å². The van der Waals surface area contributed by atoms with Gasteiger partial charge in [-0.2, -0.15) is 0 Å². The fourth-order valence-electron chi connectivity index (χ4n) is 4.91. The standard InChI is InChI=1S/C19H28N4O4/c1-18(2,3)23-11-19-5-4-12(27-19)14(15(19)17(23)26)16(25)22-8-6-21(7-9-22)10-13(20)24/h4-5,12,14-15H,6-11H2,1-3H3,(H2,20,24)/t12-,14+,15-,19-/m0/s1. The topological polar surface area (TPSA) is 96.2 Å². The molecule has 3 saturated heterocycles. The number of likely N-dealkylation sites (tertiary alicyclic amines) is 1. The third kappa shape index (κ3) is 2.86. The van der Waals surface area contributed by atoms with Crippen molar-refractivity contribution in [3.05, 3.63) is 12.2 Å². The molecule has 0 aromatic carbocycles. The molecule has 4 rings (SSSR count). The van der Waals surface area contributed by atoms with Gasteiger partial charge in [0.2, 0.25) is 17.7 Å². The fourth-order valence-corrected chi connectivity index (χ4v) is 4.91. The lowest BCUT2D eigenvalue weighted by Gasteiger charge is -2.37. The third-order valence-electron chi connectivity index (χ3n) is 6.26. The van der Waals surface area contributed by atoms with Crippen molar-refractivity contribution in [2.24, 2.45) is 17.6 Å². The summed E-state index contributed by atoms with van der Waals surface area (Å²) in [6, 6.07) is 0. The molecule has 4 aliphatic rings. The van der Waals surface area contributed by atoms with E-state index < -0.39 is 17.4 Å². The average molecular weight is 376 g/mol. The molecule has 4 atom stereocenters. The van der Waals surface area contributed by atoms with Crippen molar-refractivity contribution in [2.75, 3.05) is 39.3 Å². The Morgan fingerprint density at radius 3 is 2.52 bits per heavy atom. The minimum Gasteiger partial charge on any atom is -0.369 e. The van der Waals surface area contributed by atoms with Crippen LogP contribution in [0.2, 0.25) is 0 Å². The number of carbonyl (C=O) groups excluding carboxylic acids is 3. The number of piperazine rings is 1. The second-order valence-electron chi connectivity index (χ2n) is 9.06. The van der Waals surface area contributed by atoms with Gasteiger partial charge in [0, 0.05) is 31.7 Å². The SMILES string of the molecule is CC(C)(C)N1C[C@]23C=C[C@H](O2)[C@@H](C(=O)N2CCN(CC(N)=O)CC2)[C@H]3C1=O. The van der Waals surface area contributed by atoms with E-state index in [0.29, 0.717) is 32.7 Å². The number of hydrogen-bond donors (Lipinski definition) is 1. The van der Waals surface area contributed by atoms with E-state index in [9.17, 15) is 14.4 Å². The van der Waals surface area contributed by atoms with Gasteiger partial charge in [-0.25, -0.2) is 0 Å². The quantitative estimate of drug-likeness (QED) is 0.651. The first kappa shape index (κ1) is 18.4. The Morgan fingerprint density at radius 1 is 1.26 bits per heavy atom. The van der Waals surface area contributed by atoms with Crippen LogP contribution >= 0.6 is 0 Å². The second-order valence-corrected chi connectivity index (χ2v) is 9.06. The zero-order valence-corrected chi connectivity index (χ0v) is 16.2. The van der Waals surface area contributed by atoms with Crippen LogP contribution in [0.3, 0.4) is 0 Å². The third-order valence-corrected chi connectivity index (χ3v) is 6.26. The smallest absolute Gasteiger partial charge is 0.231 e. The summed E-state index contributed by atoms with van der Waals surface area (Å²) in [6.45, 7) is 9.04. The lowest BCUT2D eigenvalue weighted by molar-refractivity contribution is -0.146. The molecule has 2 bridgehead atoms. The van der Waals surface area contributed by atoms with Crippen molar-refractivity contribution < 1.29 is 19.1 Å². The number of hydrogen-bond acceptors (Lipinski definition) is 5. The number of nitrogens with zero attached hydrogens (tertiary/aromatic N) is 3. The molecule has 2 N–H and O–H groups in total. The molecule has 8 heteroatoms. The minimum atomic E-state index is -0.664. The summed E-state index contributed by atoms with van der Waals surface area (Å²) >= 11 is 0. The maximum absolute atomic E-state index is 13.3. The van der Waals surface area contributed by atoms with Crippen molar-refractivity contribution in [3.63, 3.8) is 0 Å². The predicted octanol–water partition coefficient (Wildman–Crippen LogP) is -0.804. The molecule has 0 aliphatic carbocycles. The summed E-state index contributed by atoms with van der Waals surface area (Å²) in [6.07, 6.45) is 3.61. The van der Waals surface area contributed by atoms with Gasteiger partial charge in [-0.3, -0.25) is 19.3 Å². The first-order valence-electron chi connectivity index (χ1n) is 9.60. The van der Waals surface area contributed by atoms with Gasteiger partial charge in [0.05, 0.1) is 31.0 Å². The van der Waals surface area contributed by atoms with Gasteiger partial charge in [-0.15, -0.1) is 0 Å². The van der Waals surface area contributed by atoms with E-state index in [4.69, 9.17) is 10.5 Å². The largest absolute Gasteiger partial charge is 0.369 e. The van der Waals surface area contributed by atoms with Crippen LogP contribution in [0.4, 0.5) is 0 Å². The zero-order chi connectivity index (χ0) is 19.6. The van der Waals surface area contributed by atoms with Crippen molar-refractivity contribution in [3.8, 4) is 0 Å². The molecule has 1 spiro atoms. The minimum absolute atomic E-state index is 0.0139. The Bertz CT molecular complexity index is 707. The lowest BCUT2D eigenvalue weighted by Crippen LogP contribution is -2.54. The monoisotopic (exact) mass is 376 g/mol.